The number of hydrogen-bond acceptors (Lipinski definition) is 2. The zero-order valence-corrected chi connectivity index (χ0v) is 7.78. The number of carbonyl (C=O) groups is 1. The molecule has 0 saturated heterocycles. The molecule has 88 valence electrons. The molecule has 0 N–H and O–H groups in total. The molecule has 1 unspecified atom stereocenters. The topological polar surface area (TPSA) is 26.3 Å². The van der Waals surface area contributed by atoms with Crippen molar-refractivity contribution in [3.63, 3.8) is 0 Å². The first kappa shape index (κ1) is 13.9. The fourth-order valence-corrected chi connectivity index (χ4v) is 0.608. The van der Waals surface area contributed by atoms with Crippen molar-refractivity contribution >= 4 is 5.97 Å². The van der Waals surface area contributed by atoms with E-state index in [0.29, 0.717) is 13.0 Å². The maximum Gasteiger partial charge on any atom is 0.346 e. The van der Waals surface area contributed by atoms with Crippen LogP contribution in [0.1, 0.15) is 6.92 Å². The van der Waals surface area contributed by atoms with E-state index in [1.54, 1.807) is 0 Å². The lowest BCUT2D eigenvalue weighted by Crippen LogP contribution is -2.50. The molecule has 2 nitrogen and oxygen atoms in total. The Morgan fingerprint density at radius 1 is 1.47 bits per heavy atom. The zero-order chi connectivity index (χ0) is 12.3. The summed E-state index contributed by atoms with van der Waals surface area (Å²) in [6.45, 7) is 1.28. The maximum absolute atomic E-state index is 12.6. The van der Waals surface area contributed by atoms with Gasteiger partial charge in [-0.1, -0.05) is 6.58 Å². The van der Waals surface area contributed by atoms with Gasteiger partial charge >= 0.3 is 17.8 Å². The predicted octanol–water partition coefficient (Wildman–Crippen LogP) is 2.34. The summed E-state index contributed by atoms with van der Waals surface area (Å²) in [5.41, 5.74) is 0. The van der Waals surface area contributed by atoms with Crippen LogP contribution < -0.4 is 0 Å². The van der Waals surface area contributed by atoms with Gasteiger partial charge in [0.15, 0.2) is 12.8 Å². The minimum absolute atomic E-state index is 0.295. The van der Waals surface area contributed by atoms with E-state index >= 15 is 0 Å². The van der Waals surface area contributed by atoms with Crippen LogP contribution in [-0.4, -0.2) is 30.6 Å². The van der Waals surface area contributed by atoms with Gasteiger partial charge in [-0.25, -0.2) is 9.18 Å². The van der Waals surface area contributed by atoms with Crippen LogP contribution in [-0.2, 0) is 9.53 Å². The lowest BCUT2D eigenvalue weighted by atomic mass is 10.1. The van der Waals surface area contributed by atoms with E-state index in [4.69, 9.17) is 0 Å². The number of carbonyl (C=O) groups excluding carboxylic acids is 1. The van der Waals surface area contributed by atoms with Crippen LogP contribution in [0.3, 0.4) is 0 Å². The number of ether oxygens (including phenoxy) is 1. The summed E-state index contributed by atoms with van der Waals surface area (Å²) < 4.78 is 66.3. The van der Waals surface area contributed by atoms with Crippen LogP contribution in [0.5, 0.6) is 0 Å². The molecule has 0 saturated carbocycles. The molecule has 0 aromatic rings. The highest BCUT2D eigenvalue weighted by Gasteiger charge is 2.61. The van der Waals surface area contributed by atoms with Gasteiger partial charge in [-0.3, -0.25) is 0 Å². The molecule has 0 spiro atoms. The third kappa shape index (κ3) is 3.17. The Bertz CT molecular complexity index is 249. The zero-order valence-electron chi connectivity index (χ0n) is 7.78. The first-order valence-electron chi connectivity index (χ1n) is 3.84. The van der Waals surface area contributed by atoms with Crippen molar-refractivity contribution in [1.29, 1.82) is 0 Å². The quantitative estimate of drug-likeness (QED) is 0.413. The third-order valence-corrected chi connectivity index (χ3v) is 1.55. The highest BCUT2D eigenvalue weighted by Crippen LogP contribution is 2.38. The van der Waals surface area contributed by atoms with Crippen LogP contribution in [0.4, 0.5) is 22.0 Å². The van der Waals surface area contributed by atoms with Crippen molar-refractivity contribution in [1.82, 2.24) is 0 Å². The number of esters is 1. The summed E-state index contributed by atoms with van der Waals surface area (Å²) in [6, 6.07) is 0. The van der Waals surface area contributed by atoms with Crippen molar-refractivity contribution in [3.8, 4) is 0 Å². The van der Waals surface area contributed by atoms with Gasteiger partial charge in [0, 0.05) is 6.08 Å². The second-order valence-corrected chi connectivity index (χ2v) is 2.76. The van der Waals surface area contributed by atoms with Gasteiger partial charge in [0.1, 0.15) is 0 Å². The fourth-order valence-electron chi connectivity index (χ4n) is 0.608. The molecule has 7 heteroatoms. The van der Waals surface area contributed by atoms with Gasteiger partial charge in [-0.05, 0) is 6.92 Å². The smallest absolute Gasteiger partial charge is 0.346 e. The van der Waals surface area contributed by atoms with Gasteiger partial charge in [0.2, 0.25) is 0 Å². The van der Waals surface area contributed by atoms with Gasteiger partial charge in [0.05, 0.1) is 0 Å². The molecule has 0 heterocycles. The molecule has 0 aromatic heterocycles. The van der Waals surface area contributed by atoms with E-state index in [1.807, 2.05) is 0 Å². The minimum Gasteiger partial charge on any atom is -0.456 e. The first-order valence-corrected chi connectivity index (χ1v) is 3.84. The number of alkyl halides is 5. The number of hydrogen-bond donors (Lipinski definition) is 0. The van der Waals surface area contributed by atoms with E-state index in [9.17, 15) is 26.7 Å². The molecule has 0 aromatic carbocycles. The fraction of sp³-hybridized carbons (Fsp3) is 0.625. The summed E-state index contributed by atoms with van der Waals surface area (Å²) >= 11 is 0. The average Bonchev–Trinajstić information content (AvgIpc) is 2.13. The van der Waals surface area contributed by atoms with Crippen molar-refractivity contribution in [2.24, 2.45) is 0 Å². The van der Waals surface area contributed by atoms with E-state index in [1.165, 1.54) is 0 Å². The third-order valence-electron chi connectivity index (χ3n) is 1.55. The van der Waals surface area contributed by atoms with E-state index < -0.39 is 30.6 Å². The normalized spacial score (nSPS) is 14.5. The van der Waals surface area contributed by atoms with Crippen LogP contribution in [0.2, 0.25) is 0 Å². The van der Waals surface area contributed by atoms with Crippen molar-refractivity contribution in [3.05, 3.63) is 12.7 Å². The highest BCUT2D eigenvalue weighted by atomic mass is 19.3. The molecule has 0 aliphatic rings. The predicted molar refractivity (Wildman–Crippen MR) is 41.6 cm³/mol. The van der Waals surface area contributed by atoms with Crippen LogP contribution in [0.15, 0.2) is 12.7 Å². The molecular weight excluding hydrogens is 223 g/mol. The van der Waals surface area contributed by atoms with Crippen molar-refractivity contribution in [2.45, 2.75) is 24.9 Å². The standard InChI is InChI=1S/C8H9F5O2/c1-3-6(14)15-4-7(10,11)8(12,13)5(2)9/h3,5H,1,4H2,2H3. The molecule has 1 atom stereocenters. The second-order valence-electron chi connectivity index (χ2n) is 2.76. The molecule has 0 bridgehead atoms. The largest absolute Gasteiger partial charge is 0.456 e. The number of halogens is 5. The lowest BCUT2D eigenvalue weighted by Gasteiger charge is -2.26. The van der Waals surface area contributed by atoms with E-state index in [-0.39, 0.29) is 0 Å². The second kappa shape index (κ2) is 4.59. The Balaban J connectivity index is 4.54. The SMILES string of the molecule is C=CC(=O)OCC(F)(F)C(F)(F)C(C)F. The molecule has 0 rings (SSSR count). The summed E-state index contributed by atoms with van der Waals surface area (Å²) in [5, 5.41) is 0. The lowest BCUT2D eigenvalue weighted by molar-refractivity contribution is -0.252. The Morgan fingerprint density at radius 3 is 2.27 bits per heavy atom. The van der Waals surface area contributed by atoms with Gasteiger partial charge in [-0.15, -0.1) is 0 Å². The Kier molecular flexibility index (Phi) is 4.24. The van der Waals surface area contributed by atoms with Crippen LogP contribution in [0, 0.1) is 0 Å². The summed E-state index contributed by atoms with van der Waals surface area (Å²) in [6.07, 6.45) is -2.51. The Labute approximate surface area is 82.7 Å². The maximum atomic E-state index is 12.6. The monoisotopic (exact) mass is 232 g/mol. The molecule has 15 heavy (non-hydrogen) atoms. The highest BCUT2D eigenvalue weighted by molar-refractivity contribution is 5.81. The van der Waals surface area contributed by atoms with Gasteiger partial charge in [0.25, 0.3) is 0 Å². The van der Waals surface area contributed by atoms with E-state index in [2.05, 4.69) is 11.3 Å². The van der Waals surface area contributed by atoms with E-state index in [0.717, 1.165) is 0 Å². The molecular formula is C8H9F5O2. The Hall–Kier alpha value is -1.14. The van der Waals surface area contributed by atoms with Crippen LogP contribution in [0.25, 0.3) is 0 Å². The molecule has 0 aliphatic heterocycles. The molecule has 0 aliphatic carbocycles. The summed E-state index contributed by atoms with van der Waals surface area (Å²) in [5.74, 6) is -10.9. The molecule has 0 radical (unpaired) electrons. The molecule has 0 fully saturated rings. The molecule has 0 amide bonds. The minimum atomic E-state index is -4.88. The van der Waals surface area contributed by atoms with Crippen LogP contribution >= 0.6 is 0 Å². The first-order chi connectivity index (χ1) is 6.65. The average molecular weight is 232 g/mol. The summed E-state index contributed by atoms with van der Waals surface area (Å²) in [4.78, 5) is 10.3. The number of rotatable bonds is 5. The Morgan fingerprint density at radius 2 is 1.93 bits per heavy atom. The van der Waals surface area contributed by atoms with Gasteiger partial charge in [-0.2, -0.15) is 17.6 Å². The van der Waals surface area contributed by atoms with Crippen molar-refractivity contribution in [2.75, 3.05) is 6.61 Å². The summed E-state index contributed by atoms with van der Waals surface area (Å²) in [7, 11) is 0. The van der Waals surface area contributed by atoms with Gasteiger partial charge < -0.3 is 4.74 Å². The van der Waals surface area contributed by atoms with Crippen molar-refractivity contribution < 1.29 is 31.5 Å².